The summed E-state index contributed by atoms with van der Waals surface area (Å²) in [5, 5.41) is 8.73. The maximum Gasteiger partial charge on any atom is 0.303 e. The topological polar surface area (TPSA) is 57.6 Å². The molecule has 0 aromatic carbocycles. The van der Waals surface area contributed by atoms with Gasteiger partial charge in [-0.3, -0.25) is 9.59 Å². The van der Waals surface area contributed by atoms with Gasteiger partial charge in [0.2, 0.25) is 5.91 Å². The lowest BCUT2D eigenvalue weighted by Gasteiger charge is -2.42. The molecule has 2 heterocycles. The van der Waals surface area contributed by atoms with Crippen molar-refractivity contribution in [2.75, 3.05) is 6.54 Å². The fourth-order valence-electron chi connectivity index (χ4n) is 2.80. The molecular formula is C11H17NO3. The molecule has 0 aliphatic carbocycles. The average Bonchev–Trinajstić information content (AvgIpc) is 2.17. The molecular weight excluding hydrogens is 194 g/mol. The normalized spacial score (nSPS) is 31.2. The number of fused-ring (bicyclic) bond motifs is 1. The van der Waals surface area contributed by atoms with Gasteiger partial charge in [-0.2, -0.15) is 0 Å². The Morgan fingerprint density at radius 1 is 1.47 bits per heavy atom. The van der Waals surface area contributed by atoms with Crippen molar-refractivity contribution in [2.45, 2.75) is 44.6 Å². The molecule has 15 heavy (non-hydrogen) atoms. The SMILES string of the molecule is O=C(O)CC1CCN2C(=O)CCCC2C1. The number of carboxylic acid groups (broad SMARTS) is 1. The highest BCUT2D eigenvalue weighted by atomic mass is 16.4. The van der Waals surface area contributed by atoms with Gasteiger partial charge in [0.1, 0.15) is 0 Å². The lowest BCUT2D eigenvalue weighted by molar-refractivity contribution is -0.141. The van der Waals surface area contributed by atoms with E-state index in [0.29, 0.717) is 12.5 Å². The van der Waals surface area contributed by atoms with Crippen LogP contribution in [0.2, 0.25) is 0 Å². The summed E-state index contributed by atoms with van der Waals surface area (Å²) in [7, 11) is 0. The Labute approximate surface area is 89.3 Å². The smallest absolute Gasteiger partial charge is 0.303 e. The number of nitrogens with zero attached hydrogens (tertiary/aromatic N) is 1. The highest BCUT2D eigenvalue weighted by Gasteiger charge is 2.34. The predicted molar refractivity (Wildman–Crippen MR) is 54.3 cm³/mol. The number of piperidine rings is 2. The largest absolute Gasteiger partial charge is 0.481 e. The van der Waals surface area contributed by atoms with Crippen molar-refractivity contribution in [1.82, 2.24) is 4.90 Å². The van der Waals surface area contributed by atoms with Crippen molar-refractivity contribution < 1.29 is 14.7 Å². The van der Waals surface area contributed by atoms with Crippen LogP contribution in [0.5, 0.6) is 0 Å². The van der Waals surface area contributed by atoms with E-state index >= 15 is 0 Å². The third kappa shape index (κ3) is 2.30. The third-order valence-electron chi connectivity index (χ3n) is 3.54. The van der Waals surface area contributed by atoms with Gasteiger partial charge in [0, 0.05) is 25.4 Å². The Bertz CT molecular complexity index is 277. The Hall–Kier alpha value is -1.06. The molecule has 1 N–H and O–H groups in total. The molecule has 0 aromatic rings. The van der Waals surface area contributed by atoms with Crippen LogP contribution in [0, 0.1) is 5.92 Å². The van der Waals surface area contributed by atoms with Crippen LogP contribution in [0.1, 0.15) is 38.5 Å². The zero-order chi connectivity index (χ0) is 10.8. The molecule has 2 unspecified atom stereocenters. The van der Waals surface area contributed by atoms with Crippen LogP contribution in [0.4, 0.5) is 0 Å². The quantitative estimate of drug-likeness (QED) is 0.748. The maximum absolute atomic E-state index is 11.6. The summed E-state index contributed by atoms with van der Waals surface area (Å²) in [4.78, 5) is 24.1. The van der Waals surface area contributed by atoms with E-state index in [-0.39, 0.29) is 18.2 Å². The molecule has 84 valence electrons. The second kappa shape index (κ2) is 4.21. The van der Waals surface area contributed by atoms with Gasteiger partial charge in [0.05, 0.1) is 0 Å². The Morgan fingerprint density at radius 2 is 2.27 bits per heavy atom. The summed E-state index contributed by atoms with van der Waals surface area (Å²) in [6.45, 7) is 0.765. The molecule has 2 aliphatic heterocycles. The monoisotopic (exact) mass is 211 g/mol. The summed E-state index contributed by atoms with van der Waals surface area (Å²) in [5.41, 5.74) is 0. The van der Waals surface area contributed by atoms with Gasteiger partial charge in [0.15, 0.2) is 0 Å². The van der Waals surface area contributed by atoms with E-state index in [4.69, 9.17) is 5.11 Å². The molecule has 0 saturated carbocycles. The van der Waals surface area contributed by atoms with Gasteiger partial charge >= 0.3 is 5.97 Å². The minimum atomic E-state index is -0.712. The van der Waals surface area contributed by atoms with Crippen LogP contribution < -0.4 is 0 Å². The van der Waals surface area contributed by atoms with Crippen LogP contribution in [0.3, 0.4) is 0 Å². The Morgan fingerprint density at radius 3 is 3.00 bits per heavy atom. The molecule has 2 aliphatic rings. The minimum Gasteiger partial charge on any atom is -0.481 e. The second-order valence-corrected chi connectivity index (χ2v) is 4.62. The van der Waals surface area contributed by atoms with E-state index in [0.717, 1.165) is 32.2 Å². The first-order valence-corrected chi connectivity index (χ1v) is 5.68. The number of hydrogen-bond acceptors (Lipinski definition) is 2. The highest BCUT2D eigenvalue weighted by Crippen LogP contribution is 2.31. The van der Waals surface area contributed by atoms with Crippen LogP contribution in [0.15, 0.2) is 0 Å². The lowest BCUT2D eigenvalue weighted by atomic mass is 9.84. The first-order valence-electron chi connectivity index (χ1n) is 5.68. The first-order chi connectivity index (χ1) is 7.16. The van der Waals surface area contributed by atoms with E-state index in [1.165, 1.54) is 0 Å². The first kappa shape index (κ1) is 10.5. The number of rotatable bonds is 2. The van der Waals surface area contributed by atoms with E-state index in [9.17, 15) is 9.59 Å². The van der Waals surface area contributed by atoms with E-state index in [2.05, 4.69) is 0 Å². The van der Waals surface area contributed by atoms with Gasteiger partial charge in [-0.1, -0.05) is 0 Å². The van der Waals surface area contributed by atoms with Crippen molar-refractivity contribution >= 4 is 11.9 Å². The molecule has 0 bridgehead atoms. The number of carbonyl (C=O) groups excluding carboxylic acids is 1. The standard InChI is InChI=1S/C11H17NO3/c13-10-3-1-2-9-6-8(7-11(14)15)4-5-12(9)10/h8-9H,1-7H2,(H,14,15). The molecule has 2 rings (SSSR count). The molecule has 2 saturated heterocycles. The van der Waals surface area contributed by atoms with E-state index < -0.39 is 5.97 Å². The van der Waals surface area contributed by atoms with Gasteiger partial charge in [0.25, 0.3) is 0 Å². The predicted octanol–water partition coefficient (Wildman–Crippen LogP) is 1.25. The molecule has 0 radical (unpaired) electrons. The van der Waals surface area contributed by atoms with Crippen molar-refractivity contribution in [1.29, 1.82) is 0 Å². The number of carboxylic acids is 1. The number of hydrogen-bond donors (Lipinski definition) is 1. The average molecular weight is 211 g/mol. The molecule has 2 atom stereocenters. The van der Waals surface area contributed by atoms with Gasteiger partial charge in [-0.15, -0.1) is 0 Å². The minimum absolute atomic E-state index is 0.262. The van der Waals surface area contributed by atoms with Crippen molar-refractivity contribution in [3.8, 4) is 0 Å². The summed E-state index contributed by atoms with van der Waals surface area (Å²) < 4.78 is 0. The third-order valence-corrected chi connectivity index (χ3v) is 3.54. The van der Waals surface area contributed by atoms with Crippen LogP contribution in [0.25, 0.3) is 0 Å². The van der Waals surface area contributed by atoms with Crippen molar-refractivity contribution in [2.24, 2.45) is 5.92 Å². The summed E-state index contributed by atoms with van der Waals surface area (Å²) >= 11 is 0. The number of aliphatic carboxylic acids is 1. The second-order valence-electron chi connectivity index (χ2n) is 4.62. The van der Waals surface area contributed by atoms with Gasteiger partial charge in [-0.25, -0.2) is 0 Å². The zero-order valence-corrected chi connectivity index (χ0v) is 8.82. The fraction of sp³-hybridized carbons (Fsp3) is 0.818. The maximum atomic E-state index is 11.6. The fourth-order valence-corrected chi connectivity index (χ4v) is 2.80. The summed E-state index contributed by atoms with van der Waals surface area (Å²) in [6, 6.07) is 0.323. The molecule has 0 aromatic heterocycles. The summed E-state index contributed by atoms with van der Waals surface area (Å²) in [5.74, 6) is -0.176. The highest BCUT2D eigenvalue weighted by molar-refractivity contribution is 5.77. The molecule has 4 heteroatoms. The van der Waals surface area contributed by atoms with Crippen LogP contribution in [-0.4, -0.2) is 34.5 Å². The van der Waals surface area contributed by atoms with Crippen molar-refractivity contribution in [3.63, 3.8) is 0 Å². The molecule has 1 amide bonds. The Kier molecular flexibility index (Phi) is 2.93. The lowest BCUT2D eigenvalue weighted by Crippen LogP contribution is -2.48. The van der Waals surface area contributed by atoms with Gasteiger partial charge < -0.3 is 10.0 Å². The van der Waals surface area contributed by atoms with Crippen LogP contribution >= 0.6 is 0 Å². The summed E-state index contributed by atoms with van der Waals surface area (Å²) in [6.07, 6.45) is 4.72. The molecule has 2 fully saturated rings. The number of amides is 1. The molecule has 0 spiro atoms. The van der Waals surface area contributed by atoms with Crippen molar-refractivity contribution in [3.05, 3.63) is 0 Å². The van der Waals surface area contributed by atoms with E-state index in [1.807, 2.05) is 4.90 Å². The van der Waals surface area contributed by atoms with Crippen LogP contribution in [-0.2, 0) is 9.59 Å². The van der Waals surface area contributed by atoms with E-state index in [1.54, 1.807) is 0 Å². The Balaban J connectivity index is 1.93. The molecule has 4 nitrogen and oxygen atoms in total. The van der Waals surface area contributed by atoms with Gasteiger partial charge in [-0.05, 0) is 31.6 Å². The zero-order valence-electron chi connectivity index (χ0n) is 8.82. The number of carbonyl (C=O) groups is 2.